The molecule has 0 saturated heterocycles. The van der Waals surface area contributed by atoms with Crippen LogP contribution in [0.15, 0.2) is 60.7 Å². The highest BCUT2D eigenvalue weighted by atomic mass is 35.5. The number of aliphatic hydroxyl groups is 1. The van der Waals surface area contributed by atoms with Crippen molar-refractivity contribution in [2.75, 3.05) is 6.61 Å². The second-order valence-corrected chi connectivity index (χ2v) is 9.37. The quantitative estimate of drug-likeness (QED) is 0.417. The highest BCUT2D eigenvalue weighted by molar-refractivity contribution is 6.32. The highest BCUT2D eigenvalue weighted by Crippen LogP contribution is 2.27. The maximum Gasteiger partial charge on any atom is 0.305 e. The van der Waals surface area contributed by atoms with E-state index in [1.165, 1.54) is 10.7 Å². The van der Waals surface area contributed by atoms with Gasteiger partial charge in [-0.1, -0.05) is 74.8 Å². The molecule has 0 saturated carbocycles. The number of aliphatic hydroxyl groups excluding tert-OH is 1. The van der Waals surface area contributed by atoms with Crippen LogP contribution >= 0.6 is 11.6 Å². The average molecular weight is 486 g/mol. The van der Waals surface area contributed by atoms with Gasteiger partial charge in [0, 0.05) is 6.07 Å². The lowest BCUT2D eigenvalue weighted by Gasteiger charge is -2.25. The predicted molar refractivity (Wildman–Crippen MR) is 128 cm³/mol. The van der Waals surface area contributed by atoms with Crippen LogP contribution in [0, 0.1) is 5.41 Å². The van der Waals surface area contributed by atoms with E-state index < -0.39 is 29.4 Å². The molecule has 0 bridgehead atoms. The third-order valence-electron chi connectivity index (χ3n) is 5.26. The van der Waals surface area contributed by atoms with E-state index >= 15 is 0 Å². The Balaban J connectivity index is 1.92. The first kappa shape index (κ1) is 25.3. The van der Waals surface area contributed by atoms with Crippen LogP contribution in [-0.4, -0.2) is 44.6 Å². The zero-order chi connectivity index (χ0) is 24.9. The fraction of sp³-hybridized carbons (Fsp3) is 0.320. The Hall–Kier alpha value is -3.36. The molecule has 9 heteroatoms. The van der Waals surface area contributed by atoms with Crippen molar-refractivity contribution in [3.63, 3.8) is 0 Å². The molecule has 34 heavy (non-hydrogen) atoms. The van der Waals surface area contributed by atoms with E-state index in [4.69, 9.17) is 16.3 Å². The molecule has 0 aliphatic rings. The molecule has 0 spiro atoms. The monoisotopic (exact) mass is 485 g/mol. The molecule has 1 heterocycles. The topological polar surface area (TPSA) is 114 Å². The van der Waals surface area contributed by atoms with Gasteiger partial charge in [-0.3, -0.25) is 9.59 Å². The Morgan fingerprint density at radius 3 is 2.38 bits per heavy atom. The fourth-order valence-electron chi connectivity index (χ4n) is 3.13. The Labute approximate surface area is 203 Å². The Bertz CT molecular complexity index is 1140. The number of aromatic nitrogens is 2. The molecule has 1 aromatic heterocycles. The van der Waals surface area contributed by atoms with Crippen LogP contribution in [-0.2, 0) is 4.79 Å². The van der Waals surface area contributed by atoms with Crippen molar-refractivity contribution in [1.82, 2.24) is 15.1 Å². The minimum Gasteiger partial charge on any atom is -0.481 e. The molecular formula is C25H28ClN3O5. The number of carbonyl (C=O) groups is 2. The summed E-state index contributed by atoms with van der Waals surface area (Å²) in [5.74, 6) is -1.39. The molecule has 0 radical (unpaired) electrons. The number of nitrogens with one attached hydrogen (secondary N) is 1. The van der Waals surface area contributed by atoms with Crippen molar-refractivity contribution < 1.29 is 24.5 Å². The Morgan fingerprint density at radius 2 is 1.76 bits per heavy atom. The number of rotatable bonds is 9. The van der Waals surface area contributed by atoms with Crippen molar-refractivity contribution in [3.05, 3.63) is 76.9 Å². The normalized spacial score (nSPS) is 13.2. The number of hydrogen-bond acceptors (Lipinski definition) is 5. The number of carboxylic acid groups (broad SMARTS) is 1. The molecule has 3 N–H and O–H groups in total. The van der Waals surface area contributed by atoms with E-state index in [9.17, 15) is 19.8 Å². The number of nitrogens with zero attached hydrogens (tertiary/aromatic N) is 2. The van der Waals surface area contributed by atoms with Gasteiger partial charge in [0.05, 0.1) is 29.3 Å². The molecule has 0 unspecified atom stereocenters. The standard InChI is InChI=1S/C25H28ClN3O5/c1-25(2,3)21(30)15-34-22-13-19(28-29(22)20-12-8-7-11-17(20)26)24(33)27-18(14-23(31)32)16-9-5-4-6-10-16/h4-13,18,21,30H,14-15H2,1-3H3,(H,27,33)(H,31,32)/t18-,21-/m0/s1. The molecule has 0 fully saturated rings. The lowest BCUT2D eigenvalue weighted by molar-refractivity contribution is -0.137. The molecule has 2 aromatic carbocycles. The van der Waals surface area contributed by atoms with Crippen molar-refractivity contribution in [2.45, 2.75) is 39.3 Å². The highest BCUT2D eigenvalue weighted by Gasteiger charge is 2.26. The number of hydrogen-bond donors (Lipinski definition) is 3. The van der Waals surface area contributed by atoms with Crippen molar-refractivity contribution in [2.24, 2.45) is 5.41 Å². The first-order valence-corrected chi connectivity index (χ1v) is 11.2. The van der Waals surface area contributed by atoms with Gasteiger partial charge < -0.3 is 20.3 Å². The zero-order valence-corrected chi connectivity index (χ0v) is 20.0. The molecule has 180 valence electrons. The summed E-state index contributed by atoms with van der Waals surface area (Å²) in [6.07, 6.45) is -1.06. The lowest BCUT2D eigenvalue weighted by Crippen LogP contribution is -2.32. The van der Waals surface area contributed by atoms with Gasteiger partial charge in [0.15, 0.2) is 5.69 Å². The molecule has 8 nitrogen and oxygen atoms in total. The van der Waals surface area contributed by atoms with Gasteiger partial charge in [-0.15, -0.1) is 0 Å². The van der Waals surface area contributed by atoms with Crippen LogP contribution < -0.4 is 10.1 Å². The zero-order valence-electron chi connectivity index (χ0n) is 19.2. The van der Waals surface area contributed by atoms with Crippen LogP contribution in [0.1, 0.15) is 49.3 Å². The van der Waals surface area contributed by atoms with E-state index in [1.54, 1.807) is 48.5 Å². The second-order valence-electron chi connectivity index (χ2n) is 8.96. The van der Waals surface area contributed by atoms with Crippen molar-refractivity contribution in [3.8, 4) is 11.6 Å². The number of ether oxygens (including phenoxy) is 1. The number of amides is 1. The molecular weight excluding hydrogens is 458 g/mol. The first-order valence-electron chi connectivity index (χ1n) is 10.8. The van der Waals surface area contributed by atoms with Crippen molar-refractivity contribution in [1.29, 1.82) is 0 Å². The summed E-state index contributed by atoms with van der Waals surface area (Å²) < 4.78 is 7.23. The number of carboxylic acids is 1. The molecule has 2 atom stereocenters. The van der Waals surface area contributed by atoms with Gasteiger partial charge in [0.2, 0.25) is 5.88 Å². The number of para-hydroxylation sites is 1. The van der Waals surface area contributed by atoms with Crippen LogP contribution in [0.4, 0.5) is 0 Å². The van der Waals surface area contributed by atoms with Gasteiger partial charge in [0.1, 0.15) is 6.61 Å². The van der Waals surface area contributed by atoms with E-state index in [0.29, 0.717) is 16.3 Å². The maximum atomic E-state index is 13.1. The third-order valence-corrected chi connectivity index (χ3v) is 5.58. The van der Waals surface area contributed by atoms with E-state index in [1.807, 2.05) is 26.8 Å². The Morgan fingerprint density at radius 1 is 1.12 bits per heavy atom. The second kappa shape index (κ2) is 10.7. The SMILES string of the molecule is CC(C)(C)[C@@H](O)COc1cc(C(=O)N[C@@H](CC(=O)O)c2ccccc2)nn1-c1ccccc1Cl. The summed E-state index contributed by atoms with van der Waals surface area (Å²) in [7, 11) is 0. The maximum absolute atomic E-state index is 13.1. The third kappa shape index (κ3) is 6.36. The van der Waals surface area contributed by atoms with Gasteiger partial charge >= 0.3 is 5.97 Å². The number of benzene rings is 2. The number of aliphatic carboxylic acids is 1. The van der Waals surface area contributed by atoms with Crippen LogP contribution in [0.2, 0.25) is 5.02 Å². The average Bonchev–Trinajstić information content (AvgIpc) is 3.21. The summed E-state index contributed by atoms with van der Waals surface area (Å²) in [5.41, 5.74) is 0.767. The summed E-state index contributed by atoms with van der Waals surface area (Å²) in [6.45, 7) is 5.64. The minimum atomic E-state index is -1.05. The van der Waals surface area contributed by atoms with Gasteiger partial charge in [0.25, 0.3) is 5.91 Å². The van der Waals surface area contributed by atoms with Crippen molar-refractivity contribution >= 4 is 23.5 Å². The number of carbonyl (C=O) groups excluding carboxylic acids is 1. The lowest BCUT2D eigenvalue weighted by atomic mass is 9.90. The van der Waals surface area contributed by atoms with E-state index in [0.717, 1.165) is 0 Å². The summed E-state index contributed by atoms with van der Waals surface area (Å²) in [5, 5.41) is 27.2. The van der Waals surface area contributed by atoms with Gasteiger partial charge in [-0.2, -0.15) is 9.78 Å². The van der Waals surface area contributed by atoms with Crippen LogP contribution in [0.5, 0.6) is 5.88 Å². The molecule has 3 rings (SSSR count). The number of halogens is 1. The summed E-state index contributed by atoms with van der Waals surface area (Å²) in [4.78, 5) is 24.5. The molecule has 1 amide bonds. The van der Waals surface area contributed by atoms with E-state index in [2.05, 4.69) is 10.4 Å². The van der Waals surface area contributed by atoms with Gasteiger partial charge in [-0.25, -0.2) is 0 Å². The van der Waals surface area contributed by atoms with E-state index in [-0.39, 0.29) is 24.6 Å². The largest absolute Gasteiger partial charge is 0.481 e. The molecule has 0 aliphatic carbocycles. The Kier molecular flexibility index (Phi) is 7.96. The van der Waals surface area contributed by atoms with Gasteiger partial charge in [-0.05, 0) is 23.1 Å². The van der Waals surface area contributed by atoms with Crippen LogP contribution in [0.3, 0.4) is 0 Å². The summed E-state index contributed by atoms with van der Waals surface area (Å²) >= 11 is 6.34. The predicted octanol–water partition coefficient (Wildman–Crippen LogP) is 4.26. The summed E-state index contributed by atoms with van der Waals surface area (Å²) in [6, 6.07) is 16.5. The van der Waals surface area contributed by atoms with Crippen LogP contribution in [0.25, 0.3) is 5.69 Å². The molecule has 0 aliphatic heterocycles. The molecule has 3 aromatic rings. The first-order chi connectivity index (χ1) is 16.1. The fourth-order valence-corrected chi connectivity index (χ4v) is 3.35. The minimum absolute atomic E-state index is 0.0199. The smallest absolute Gasteiger partial charge is 0.305 e.